The van der Waals surface area contributed by atoms with Crippen molar-refractivity contribution in [2.75, 3.05) is 36.7 Å². The molecule has 0 radical (unpaired) electrons. The molecule has 0 atom stereocenters. The van der Waals surface area contributed by atoms with Crippen molar-refractivity contribution in [3.05, 3.63) is 17.9 Å². The number of benzene rings is 1. The minimum atomic E-state index is -0.430. The Morgan fingerprint density at radius 1 is 1.33 bits per heavy atom. The predicted molar refractivity (Wildman–Crippen MR) is 78.1 cm³/mol. The molecule has 0 heterocycles. The number of nitrogen functional groups attached to an aromatic ring is 1. The van der Waals surface area contributed by atoms with E-state index in [4.69, 9.17) is 10.5 Å². The number of methoxy groups -OCH3 is 1. The summed E-state index contributed by atoms with van der Waals surface area (Å²) in [6.45, 7) is 0.841. The predicted octanol–water partition coefficient (Wildman–Crippen LogP) is 3.36. The van der Waals surface area contributed by atoms with Crippen molar-refractivity contribution in [1.82, 2.24) is 0 Å². The Hall–Kier alpha value is -1.10. The maximum Gasteiger partial charge on any atom is 0.167 e. The second-order valence-electron chi connectivity index (χ2n) is 4.05. The highest BCUT2D eigenvalue weighted by Gasteiger charge is 2.07. The van der Waals surface area contributed by atoms with Gasteiger partial charge in [-0.15, -0.1) is 0 Å². The molecule has 102 valence electrons. The number of hydrogen-bond acceptors (Lipinski definition) is 4. The first-order valence-corrected chi connectivity index (χ1v) is 7.44. The molecule has 1 rings (SSSR count). The van der Waals surface area contributed by atoms with Crippen LogP contribution in [0.2, 0.25) is 0 Å². The van der Waals surface area contributed by atoms with Gasteiger partial charge in [0.25, 0.3) is 0 Å². The van der Waals surface area contributed by atoms with E-state index in [9.17, 15) is 4.39 Å². The fraction of sp³-hybridized carbons (Fsp3) is 0.538. The zero-order valence-electron chi connectivity index (χ0n) is 11.0. The highest BCUT2D eigenvalue weighted by atomic mass is 32.2. The molecule has 0 bridgehead atoms. The summed E-state index contributed by atoms with van der Waals surface area (Å²) in [6, 6.07) is 2.89. The Balaban J connectivity index is 2.42. The number of anilines is 2. The summed E-state index contributed by atoms with van der Waals surface area (Å²) in [5, 5.41) is 3.21. The van der Waals surface area contributed by atoms with E-state index < -0.39 is 5.82 Å². The molecule has 0 saturated heterocycles. The lowest BCUT2D eigenvalue weighted by Crippen LogP contribution is -2.05. The van der Waals surface area contributed by atoms with Crippen LogP contribution in [0.25, 0.3) is 0 Å². The molecule has 0 spiro atoms. The van der Waals surface area contributed by atoms with Crippen LogP contribution >= 0.6 is 11.8 Å². The molecule has 3 N–H and O–H groups in total. The maximum absolute atomic E-state index is 13.3. The lowest BCUT2D eigenvalue weighted by Gasteiger charge is -2.11. The van der Waals surface area contributed by atoms with E-state index in [1.54, 1.807) is 6.07 Å². The van der Waals surface area contributed by atoms with Crippen LogP contribution in [0.1, 0.15) is 19.3 Å². The van der Waals surface area contributed by atoms with E-state index in [-0.39, 0.29) is 5.75 Å². The lowest BCUT2D eigenvalue weighted by atomic mass is 10.2. The van der Waals surface area contributed by atoms with E-state index >= 15 is 0 Å². The third kappa shape index (κ3) is 4.64. The van der Waals surface area contributed by atoms with E-state index in [0.717, 1.165) is 18.7 Å². The molecule has 5 heteroatoms. The standard InChI is InChI=1S/C13H21FN2OS/c1-17-13-9-12(11(15)8-10(13)14)16-6-4-3-5-7-18-2/h8-9,16H,3-7,15H2,1-2H3. The normalized spacial score (nSPS) is 10.4. The Kier molecular flexibility index (Phi) is 6.72. The van der Waals surface area contributed by atoms with Crippen molar-refractivity contribution in [3.63, 3.8) is 0 Å². The molecule has 18 heavy (non-hydrogen) atoms. The molecular weight excluding hydrogens is 251 g/mol. The molecule has 3 nitrogen and oxygen atoms in total. The van der Waals surface area contributed by atoms with Gasteiger partial charge in [-0.25, -0.2) is 4.39 Å². The first-order chi connectivity index (χ1) is 8.69. The van der Waals surface area contributed by atoms with Crippen LogP contribution in [0.15, 0.2) is 12.1 Å². The topological polar surface area (TPSA) is 47.3 Å². The highest BCUT2D eigenvalue weighted by molar-refractivity contribution is 7.98. The number of hydrogen-bond donors (Lipinski definition) is 2. The number of rotatable bonds is 8. The van der Waals surface area contributed by atoms with E-state index in [1.807, 2.05) is 11.8 Å². The van der Waals surface area contributed by atoms with Crippen molar-refractivity contribution in [1.29, 1.82) is 0 Å². The minimum absolute atomic E-state index is 0.217. The Labute approximate surface area is 112 Å². The molecule has 1 aromatic carbocycles. The summed E-state index contributed by atoms with van der Waals surface area (Å²) < 4.78 is 18.3. The van der Waals surface area contributed by atoms with Crippen LogP contribution in [0, 0.1) is 5.82 Å². The van der Waals surface area contributed by atoms with Gasteiger partial charge in [0.2, 0.25) is 0 Å². The van der Waals surface area contributed by atoms with Crippen molar-refractivity contribution in [2.24, 2.45) is 0 Å². The summed E-state index contributed by atoms with van der Waals surface area (Å²) >= 11 is 1.87. The van der Waals surface area contributed by atoms with Gasteiger partial charge in [-0.3, -0.25) is 0 Å². The fourth-order valence-corrected chi connectivity index (χ4v) is 2.14. The fourth-order valence-electron chi connectivity index (χ4n) is 1.65. The molecule has 0 aromatic heterocycles. The number of halogens is 1. The van der Waals surface area contributed by atoms with Gasteiger partial charge in [0.1, 0.15) is 0 Å². The quantitative estimate of drug-likeness (QED) is 0.563. The SMILES string of the molecule is COc1cc(NCCCCCSC)c(N)cc1F. The maximum atomic E-state index is 13.3. The van der Waals surface area contributed by atoms with Gasteiger partial charge in [-0.2, -0.15) is 11.8 Å². The molecule has 0 fully saturated rings. The van der Waals surface area contributed by atoms with Crippen LogP contribution in [0.5, 0.6) is 5.75 Å². The molecule has 0 unspecified atom stereocenters. The van der Waals surface area contributed by atoms with Gasteiger partial charge in [-0.05, 0) is 24.9 Å². The van der Waals surface area contributed by atoms with Gasteiger partial charge in [0, 0.05) is 18.7 Å². The molecular formula is C13H21FN2OS. The van der Waals surface area contributed by atoms with Gasteiger partial charge in [-0.1, -0.05) is 6.42 Å². The molecule has 1 aromatic rings. The van der Waals surface area contributed by atoms with E-state index in [1.165, 1.54) is 31.8 Å². The largest absolute Gasteiger partial charge is 0.494 e. The van der Waals surface area contributed by atoms with Crippen LogP contribution in [0.3, 0.4) is 0 Å². The van der Waals surface area contributed by atoms with Crippen molar-refractivity contribution in [3.8, 4) is 5.75 Å². The van der Waals surface area contributed by atoms with Crippen molar-refractivity contribution >= 4 is 23.1 Å². The average Bonchev–Trinajstić information content (AvgIpc) is 2.36. The molecule has 0 aliphatic carbocycles. The van der Waals surface area contributed by atoms with Crippen LogP contribution in [-0.4, -0.2) is 25.7 Å². The average molecular weight is 272 g/mol. The van der Waals surface area contributed by atoms with Crippen LogP contribution in [-0.2, 0) is 0 Å². The summed E-state index contributed by atoms with van der Waals surface area (Å²) in [5.74, 6) is 0.988. The first-order valence-electron chi connectivity index (χ1n) is 6.05. The van der Waals surface area contributed by atoms with Gasteiger partial charge >= 0.3 is 0 Å². The minimum Gasteiger partial charge on any atom is -0.494 e. The molecule has 0 aliphatic heterocycles. The Morgan fingerprint density at radius 2 is 2.11 bits per heavy atom. The third-order valence-electron chi connectivity index (χ3n) is 2.66. The highest BCUT2D eigenvalue weighted by Crippen LogP contribution is 2.27. The number of nitrogens with one attached hydrogen (secondary N) is 1. The summed E-state index contributed by atoms with van der Waals surface area (Å²) in [5.41, 5.74) is 6.89. The summed E-state index contributed by atoms with van der Waals surface area (Å²) in [6.07, 6.45) is 5.61. The third-order valence-corrected chi connectivity index (χ3v) is 3.36. The zero-order valence-corrected chi connectivity index (χ0v) is 11.8. The number of ether oxygens (including phenoxy) is 1. The number of unbranched alkanes of at least 4 members (excludes halogenated alkanes) is 2. The summed E-state index contributed by atoms with van der Waals surface area (Å²) in [4.78, 5) is 0. The second kappa shape index (κ2) is 8.08. The zero-order chi connectivity index (χ0) is 13.4. The van der Waals surface area contributed by atoms with Crippen LogP contribution < -0.4 is 15.8 Å². The van der Waals surface area contributed by atoms with Crippen LogP contribution in [0.4, 0.5) is 15.8 Å². The van der Waals surface area contributed by atoms with E-state index in [2.05, 4.69) is 11.6 Å². The first kappa shape index (κ1) is 15.0. The monoisotopic (exact) mass is 272 g/mol. The summed E-state index contributed by atoms with van der Waals surface area (Å²) in [7, 11) is 1.45. The number of thioether (sulfide) groups is 1. The lowest BCUT2D eigenvalue weighted by molar-refractivity contribution is 0.387. The molecule has 0 amide bonds. The Morgan fingerprint density at radius 3 is 2.78 bits per heavy atom. The van der Waals surface area contributed by atoms with Gasteiger partial charge in [0.15, 0.2) is 11.6 Å². The van der Waals surface area contributed by atoms with Crippen molar-refractivity contribution < 1.29 is 9.13 Å². The Bertz CT molecular complexity index is 374. The molecule has 0 aliphatic rings. The van der Waals surface area contributed by atoms with Gasteiger partial charge < -0.3 is 15.8 Å². The van der Waals surface area contributed by atoms with E-state index in [0.29, 0.717) is 5.69 Å². The van der Waals surface area contributed by atoms with Crippen molar-refractivity contribution in [2.45, 2.75) is 19.3 Å². The smallest absolute Gasteiger partial charge is 0.167 e. The second-order valence-corrected chi connectivity index (χ2v) is 5.04. The number of nitrogens with two attached hydrogens (primary N) is 1. The molecule has 0 saturated carbocycles. The van der Waals surface area contributed by atoms with Gasteiger partial charge in [0.05, 0.1) is 18.5 Å².